The van der Waals surface area contributed by atoms with Crippen LogP contribution in [0.1, 0.15) is 36.5 Å². The fourth-order valence-corrected chi connectivity index (χ4v) is 2.32. The van der Waals surface area contributed by atoms with E-state index in [1.165, 1.54) is 0 Å². The Morgan fingerprint density at radius 1 is 1.59 bits per heavy atom. The standard InChI is InChI=1S/C12H20N4O/c1-4-16-11(10(13)9(3)14-16)12(17)15-6-5-8(2)7-15/h8H,4-7,13H2,1-3H3. The maximum absolute atomic E-state index is 12.4. The molecule has 1 fully saturated rings. The van der Waals surface area contributed by atoms with E-state index in [9.17, 15) is 4.79 Å². The van der Waals surface area contributed by atoms with Gasteiger partial charge < -0.3 is 10.6 Å². The zero-order valence-electron chi connectivity index (χ0n) is 10.7. The first-order valence-electron chi connectivity index (χ1n) is 6.16. The second-order valence-corrected chi connectivity index (χ2v) is 4.81. The van der Waals surface area contributed by atoms with Gasteiger partial charge in [0.25, 0.3) is 5.91 Å². The summed E-state index contributed by atoms with van der Waals surface area (Å²) in [6.45, 7) is 8.29. The van der Waals surface area contributed by atoms with Crippen LogP contribution in [0, 0.1) is 12.8 Å². The third-order valence-electron chi connectivity index (χ3n) is 3.39. The SMILES string of the molecule is CCn1nc(C)c(N)c1C(=O)N1CCC(C)C1. The molecule has 5 nitrogen and oxygen atoms in total. The summed E-state index contributed by atoms with van der Waals surface area (Å²) in [6, 6.07) is 0. The Kier molecular flexibility index (Phi) is 3.09. The molecule has 0 radical (unpaired) electrons. The van der Waals surface area contributed by atoms with Crippen LogP contribution in [-0.2, 0) is 6.54 Å². The second-order valence-electron chi connectivity index (χ2n) is 4.81. The minimum absolute atomic E-state index is 0.0225. The van der Waals surface area contributed by atoms with Crippen molar-refractivity contribution < 1.29 is 4.79 Å². The fourth-order valence-electron chi connectivity index (χ4n) is 2.32. The van der Waals surface area contributed by atoms with E-state index >= 15 is 0 Å². The quantitative estimate of drug-likeness (QED) is 0.841. The Morgan fingerprint density at radius 3 is 2.82 bits per heavy atom. The molecule has 94 valence electrons. The average molecular weight is 236 g/mol. The number of nitrogens with two attached hydrogens (primary N) is 1. The van der Waals surface area contributed by atoms with E-state index < -0.39 is 0 Å². The molecule has 17 heavy (non-hydrogen) atoms. The predicted molar refractivity (Wildman–Crippen MR) is 66.7 cm³/mol. The Balaban J connectivity index is 2.30. The summed E-state index contributed by atoms with van der Waals surface area (Å²) in [5.41, 5.74) is 7.77. The summed E-state index contributed by atoms with van der Waals surface area (Å²) in [6.07, 6.45) is 1.07. The number of hydrogen-bond acceptors (Lipinski definition) is 3. The highest BCUT2D eigenvalue weighted by Crippen LogP contribution is 2.22. The molecule has 2 N–H and O–H groups in total. The van der Waals surface area contributed by atoms with Crippen LogP contribution >= 0.6 is 0 Å². The number of carbonyl (C=O) groups is 1. The van der Waals surface area contributed by atoms with Crippen molar-refractivity contribution in [2.75, 3.05) is 18.8 Å². The monoisotopic (exact) mass is 236 g/mol. The van der Waals surface area contributed by atoms with Crippen molar-refractivity contribution in [2.45, 2.75) is 33.7 Å². The lowest BCUT2D eigenvalue weighted by Crippen LogP contribution is -2.31. The van der Waals surface area contributed by atoms with Crippen LogP contribution in [-0.4, -0.2) is 33.7 Å². The molecule has 1 atom stereocenters. The molecular formula is C12H20N4O. The number of hydrogen-bond donors (Lipinski definition) is 1. The van der Waals surface area contributed by atoms with Crippen LogP contribution in [0.15, 0.2) is 0 Å². The van der Waals surface area contributed by atoms with E-state index in [1.54, 1.807) is 4.68 Å². The first kappa shape index (κ1) is 12.0. The van der Waals surface area contributed by atoms with Crippen LogP contribution in [0.3, 0.4) is 0 Å². The molecular weight excluding hydrogens is 216 g/mol. The number of rotatable bonds is 2. The molecule has 2 heterocycles. The lowest BCUT2D eigenvalue weighted by Gasteiger charge is -2.16. The van der Waals surface area contributed by atoms with Crippen molar-refractivity contribution in [3.63, 3.8) is 0 Å². The van der Waals surface area contributed by atoms with Gasteiger partial charge >= 0.3 is 0 Å². The number of likely N-dealkylation sites (tertiary alicyclic amines) is 1. The van der Waals surface area contributed by atoms with E-state index in [0.717, 1.165) is 25.2 Å². The molecule has 1 aromatic rings. The van der Waals surface area contributed by atoms with Crippen molar-refractivity contribution in [1.29, 1.82) is 0 Å². The van der Waals surface area contributed by atoms with Crippen LogP contribution in [0.4, 0.5) is 5.69 Å². The minimum atomic E-state index is 0.0225. The number of carbonyl (C=O) groups excluding carboxylic acids is 1. The Labute approximate surface area is 102 Å². The van der Waals surface area contributed by atoms with Gasteiger partial charge in [0.15, 0.2) is 0 Å². The van der Waals surface area contributed by atoms with Crippen molar-refractivity contribution in [2.24, 2.45) is 5.92 Å². The van der Waals surface area contributed by atoms with Crippen LogP contribution in [0.5, 0.6) is 0 Å². The molecule has 1 amide bonds. The molecule has 0 bridgehead atoms. The molecule has 1 saturated heterocycles. The van der Waals surface area contributed by atoms with Crippen molar-refractivity contribution in [1.82, 2.24) is 14.7 Å². The smallest absolute Gasteiger partial charge is 0.274 e. The molecule has 5 heteroatoms. The Hall–Kier alpha value is -1.52. The van der Waals surface area contributed by atoms with Gasteiger partial charge in [-0.25, -0.2) is 0 Å². The third-order valence-corrected chi connectivity index (χ3v) is 3.39. The maximum Gasteiger partial charge on any atom is 0.274 e. The van der Waals surface area contributed by atoms with E-state index in [2.05, 4.69) is 12.0 Å². The largest absolute Gasteiger partial charge is 0.395 e. The molecule has 0 spiro atoms. The molecule has 1 aliphatic heterocycles. The molecule has 0 aromatic carbocycles. The van der Waals surface area contributed by atoms with Crippen molar-refractivity contribution in [3.8, 4) is 0 Å². The van der Waals surface area contributed by atoms with E-state index in [4.69, 9.17) is 5.73 Å². The fraction of sp³-hybridized carbons (Fsp3) is 0.667. The number of anilines is 1. The van der Waals surface area contributed by atoms with Gasteiger partial charge in [-0.05, 0) is 26.2 Å². The van der Waals surface area contributed by atoms with Gasteiger partial charge in [0.05, 0.1) is 11.4 Å². The van der Waals surface area contributed by atoms with E-state index in [1.807, 2.05) is 18.7 Å². The van der Waals surface area contributed by atoms with Crippen molar-refractivity contribution >= 4 is 11.6 Å². The zero-order chi connectivity index (χ0) is 12.6. The summed E-state index contributed by atoms with van der Waals surface area (Å²) >= 11 is 0. The summed E-state index contributed by atoms with van der Waals surface area (Å²) in [5.74, 6) is 0.605. The highest BCUT2D eigenvalue weighted by atomic mass is 16.2. The number of aryl methyl sites for hydroxylation is 2. The van der Waals surface area contributed by atoms with Gasteiger partial charge in [-0.2, -0.15) is 5.10 Å². The summed E-state index contributed by atoms with van der Waals surface area (Å²) in [4.78, 5) is 14.3. The summed E-state index contributed by atoms with van der Waals surface area (Å²) < 4.78 is 1.70. The lowest BCUT2D eigenvalue weighted by atomic mass is 10.2. The first-order chi connectivity index (χ1) is 8.04. The van der Waals surface area contributed by atoms with Gasteiger partial charge in [-0.15, -0.1) is 0 Å². The van der Waals surface area contributed by atoms with Gasteiger partial charge in [-0.3, -0.25) is 9.48 Å². The zero-order valence-corrected chi connectivity index (χ0v) is 10.7. The molecule has 0 aliphatic carbocycles. The number of nitrogens with zero attached hydrogens (tertiary/aromatic N) is 3. The highest BCUT2D eigenvalue weighted by Gasteiger charge is 2.28. The minimum Gasteiger partial charge on any atom is -0.395 e. The van der Waals surface area contributed by atoms with Gasteiger partial charge in [0, 0.05) is 19.6 Å². The average Bonchev–Trinajstić information content (AvgIpc) is 2.84. The molecule has 0 saturated carbocycles. The Morgan fingerprint density at radius 2 is 2.29 bits per heavy atom. The normalized spacial score (nSPS) is 19.9. The molecule has 1 unspecified atom stereocenters. The second kappa shape index (κ2) is 4.39. The lowest BCUT2D eigenvalue weighted by molar-refractivity contribution is 0.0777. The summed E-state index contributed by atoms with van der Waals surface area (Å²) in [5, 5.41) is 4.28. The highest BCUT2D eigenvalue weighted by molar-refractivity contribution is 5.98. The van der Waals surface area contributed by atoms with Gasteiger partial charge in [0.2, 0.25) is 0 Å². The van der Waals surface area contributed by atoms with E-state index in [0.29, 0.717) is 23.8 Å². The van der Waals surface area contributed by atoms with Gasteiger partial charge in [-0.1, -0.05) is 6.92 Å². The van der Waals surface area contributed by atoms with Crippen molar-refractivity contribution in [3.05, 3.63) is 11.4 Å². The number of nitrogen functional groups attached to an aromatic ring is 1. The predicted octanol–water partition coefficient (Wildman–Crippen LogP) is 1.28. The first-order valence-corrected chi connectivity index (χ1v) is 6.16. The topological polar surface area (TPSA) is 64.2 Å². The number of aromatic nitrogens is 2. The maximum atomic E-state index is 12.4. The third kappa shape index (κ3) is 2.01. The van der Waals surface area contributed by atoms with Crippen LogP contribution < -0.4 is 5.73 Å². The van der Waals surface area contributed by atoms with Gasteiger partial charge in [0.1, 0.15) is 5.69 Å². The van der Waals surface area contributed by atoms with Crippen LogP contribution in [0.25, 0.3) is 0 Å². The molecule has 1 aromatic heterocycles. The van der Waals surface area contributed by atoms with E-state index in [-0.39, 0.29) is 5.91 Å². The molecule has 1 aliphatic rings. The molecule has 2 rings (SSSR count). The van der Waals surface area contributed by atoms with Crippen LogP contribution in [0.2, 0.25) is 0 Å². The summed E-state index contributed by atoms with van der Waals surface area (Å²) in [7, 11) is 0. The number of amides is 1. The Bertz CT molecular complexity index is 438.